The number of amides is 1. The number of halogens is 2. The standard InChI is InChI=1S/C13H19ClN2O.ClH/c1-4-16(5-2)11-6-7-12(10(3)8-11)15-13(17)9-14;/h6-8H,4-5,9H2,1-3H3,(H,15,17);1H. The van der Waals surface area contributed by atoms with Crippen molar-refractivity contribution in [2.45, 2.75) is 20.8 Å². The number of hydrogen-bond donors (Lipinski definition) is 1. The zero-order chi connectivity index (χ0) is 12.8. The second-order valence-corrected chi connectivity index (χ2v) is 4.12. The van der Waals surface area contributed by atoms with E-state index < -0.39 is 0 Å². The molecule has 0 aromatic heterocycles. The minimum atomic E-state index is -0.176. The van der Waals surface area contributed by atoms with E-state index in [1.54, 1.807) is 0 Å². The Morgan fingerprint density at radius 1 is 1.33 bits per heavy atom. The van der Waals surface area contributed by atoms with Crippen molar-refractivity contribution >= 4 is 41.3 Å². The maximum Gasteiger partial charge on any atom is 0.239 e. The Balaban J connectivity index is 0.00000289. The van der Waals surface area contributed by atoms with Crippen LogP contribution in [0.5, 0.6) is 0 Å². The van der Waals surface area contributed by atoms with Gasteiger partial charge in [-0.05, 0) is 44.5 Å². The molecule has 0 heterocycles. The molecule has 0 bridgehead atoms. The van der Waals surface area contributed by atoms with Gasteiger partial charge in [-0.25, -0.2) is 0 Å². The van der Waals surface area contributed by atoms with Gasteiger partial charge in [-0.3, -0.25) is 4.79 Å². The Bertz CT molecular complexity index is 393. The van der Waals surface area contributed by atoms with Crippen LogP contribution in [0.1, 0.15) is 19.4 Å². The molecule has 0 aliphatic heterocycles. The van der Waals surface area contributed by atoms with Crippen LogP contribution in [-0.4, -0.2) is 24.9 Å². The quantitative estimate of drug-likeness (QED) is 0.843. The van der Waals surface area contributed by atoms with Crippen molar-refractivity contribution in [2.75, 3.05) is 29.2 Å². The third-order valence-corrected chi connectivity index (χ3v) is 2.98. The van der Waals surface area contributed by atoms with E-state index in [-0.39, 0.29) is 24.2 Å². The first-order valence-electron chi connectivity index (χ1n) is 5.83. The average Bonchev–Trinajstić information content (AvgIpc) is 2.33. The van der Waals surface area contributed by atoms with E-state index in [1.165, 1.54) is 5.69 Å². The largest absolute Gasteiger partial charge is 0.372 e. The van der Waals surface area contributed by atoms with Gasteiger partial charge in [-0.1, -0.05) is 0 Å². The van der Waals surface area contributed by atoms with Gasteiger partial charge in [0.2, 0.25) is 5.91 Å². The van der Waals surface area contributed by atoms with Crippen LogP contribution >= 0.6 is 24.0 Å². The van der Waals surface area contributed by atoms with Crippen molar-refractivity contribution in [2.24, 2.45) is 0 Å². The Labute approximate surface area is 120 Å². The monoisotopic (exact) mass is 290 g/mol. The van der Waals surface area contributed by atoms with Crippen molar-refractivity contribution in [3.05, 3.63) is 23.8 Å². The lowest BCUT2D eigenvalue weighted by atomic mass is 10.1. The predicted octanol–water partition coefficient (Wildman–Crippen LogP) is 3.44. The zero-order valence-electron chi connectivity index (χ0n) is 11.0. The van der Waals surface area contributed by atoms with Crippen LogP contribution in [-0.2, 0) is 4.79 Å². The summed E-state index contributed by atoms with van der Waals surface area (Å²) in [4.78, 5) is 13.5. The normalized spacial score (nSPS) is 9.56. The van der Waals surface area contributed by atoms with Gasteiger partial charge in [0.1, 0.15) is 5.88 Å². The van der Waals surface area contributed by atoms with Crippen LogP contribution in [0.25, 0.3) is 0 Å². The molecule has 0 aliphatic rings. The van der Waals surface area contributed by atoms with E-state index >= 15 is 0 Å². The van der Waals surface area contributed by atoms with E-state index in [9.17, 15) is 4.79 Å². The fourth-order valence-electron chi connectivity index (χ4n) is 1.76. The molecule has 1 amide bonds. The average molecular weight is 291 g/mol. The lowest BCUT2D eigenvalue weighted by Gasteiger charge is -2.22. The Kier molecular flexibility index (Phi) is 7.80. The third-order valence-electron chi connectivity index (χ3n) is 2.73. The molecule has 0 unspecified atom stereocenters. The summed E-state index contributed by atoms with van der Waals surface area (Å²) in [5.74, 6) is -0.192. The maximum atomic E-state index is 11.2. The van der Waals surface area contributed by atoms with E-state index in [1.807, 2.05) is 19.1 Å². The molecule has 18 heavy (non-hydrogen) atoms. The number of alkyl halides is 1. The van der Waals surface area contributed by atoms with Crippen LogP contribution in [0.2, 0.25) is 0 Å². The molecule has 1 rings (SSSR count). The molecular weight excluding hydrogens is 271 g/mol. The smallest absolute Gasteiger partial charge is 0.239 e. The number of carbonyl (C=O) groups excluding carboxylic acids is 1. The highest BCUT2D eigenvalue weighted by molar-refractivity contribution is 6.29. The number of nitrogens with one attached hydrogen (secondary N) is 1. The number of aryl methyl sites for hydroxylation is 1. The van der Waals surface area contributed by atoms with Crippen molar-refractivity contribution in [1.29, 1.82) is 0 Å². The number of carbonyl (C=O) groups is 1. The predicted molar refractivity (Wildman–Crippen MR) is 81.3 cm³/mol. The van der Waals surface area contributed by atoms with Crippen LogP contribution in [0.15, 0.2) is 18.2 Å². The highest BCUT2D eigenvalue weighted by atomic mass is 35.5. The maximum absolute atomic E-state index is 11.2. The Hall–Kier alpha value is -0.930. The molecule has 102 valence electrons. The second-order valence-electron chi connectivity index (χ2n) is 3.85. The fourth-order valence-corrected chi connectivity index (χ4v) is 1.82. The molecule has 3 nitrogen and oxygen atoms in total. The molecule has 0 radical (unpaired) electrons. The van der Waals surface area contributed by atoms with Crippen molar-refractivity contribution < 1.29 is 4.79 Å². The molecule has 0 saturated heterocycles. The van der Waals surface area contributed by atoms with Gasteiger partial charge in [0.05, 0.1) is 0 Å². The summed E-state index contributed by atoms with van der Waals surface area (Å²) < 4.78 is 0. The molecule has 0 spiro atoms. The van der Waals surface area contributed by atoms with Gasteiger partial charge in [-0.2, -0.15) is 0 Å². The molecule has 0 fully saturated rings. The van der Waals surface area contributed by atoms with Crippen LogP contribution < -0.4 is 10.2 Å². The minimum Gasteiger partial charge on any atom is -0.372 e. The van der Waals surface area contributed by atoms with Crippen molar-refractivity contribution in [3.8, 4) is 0 Å². The summed E-state index contributed by atoms with van der Waals surface area (Å²) >= 11 is 5.46. The highest BCUT2D eigenvalue weighted by Gasteiger charge is 2.06. The Morgan fingerprint density at radius 3 is 2.39 bits per heavy atom. The van der Waals surface area contributed by atoms with Crippen molar-refractivity contribution in [1.82, 2.24) is 0 Å². The summed E-state index contributed by atoms with van der Waals surface area (Å²) in [6.45, 7) is 8.19. The first-order valence-corrected chi connectivity index (χ1v) is 6.37. The first kappa shape index (κ1) is 17.1. The van der Waals surface area contributed by atoms with Gasteiger partial charge in [0, 0.05) is 24.5 Å². The first-order chi connectivity index (χ1) is 8.12. The molecule has 1 aromatic rings. The van der Waals surface area contributed by atoms with Gasteiger partial charge < -0.3 is 10.2 Å². The zero-order valence-corrected chi connectivity index (χ0v) is 12.6. The summed E-state index contributed by atoms with van der Waals surface area (Å²) in [6, 6.07) is 6.02. The highest BCUT2D eigenvalue weighted by Crippen LogP contribution is 2.22. The summed E-state index contributed by atoms with van der Waals surface area (Å²) in [6.07, 6.45) is 0. The van der Waals surface area contributed by atoms with E-state index in [0.717, 1.165) is 24.3 Å². The fraction of sp³-hybridized carbons (Fsp3) is 0.462. The molecule has 0 atom stereocenters. The second kappa shape index (κ2) is 8.22. The molecule has 0 aliphatic carbocycles. The van der Waals surface area contributed by atoms with E-state index in [4.69, 9.17) is 11.6 Å². The van der Waals surface area contributed by atoms with Crippen LogP contribution in [0.4, 0.5) is 11.4 Å². The Morgan fingerprint density at radius 2 is 1.94 bits per heavy atom. The number of hydrogen-bond acceptors (Lipinski definition) is 2. The topological polar surface area (TPSA) is 32.3 Å². The van der Waals surface area contributed by atoms with Gasteiger partial charge in [0.25, 0.3) is 0 Å². The van der Waals surface area contributed by atoms with Crippen LogP contribution in [0.3, 0.4) is 0 Å². The van der Waals surface area contributed by atoms with Gasteiger partial charge in [-0.15, -0.1) is 24.0 Å². The number of rotatable bonds is 5. The van der Waals surface area contributed by atoms with E-state index in [2.05, 4.69) is 30.1 Å². The number of anilines is 2. The minimum absolute atomic E-state index is 0. The molecule has 1 N–H and O–H groups in total. The third kappa shape index (κ3) is 4.39. The lowest BCUT2D eigenvalue weighted by molar-refractivity contribution is -0.113. The van der Waals surface area contributed by atoms with E-state index in [0.29, 0.717) is 0 Å². The molecule has 0 saturated carbocycles. The summed E-state index contributed by atoms with van der Waals surface area (Å²) in [7, 11) is 0. The lowest BCUT2D eigenvalue weighted by Crippen LogP contribution is -2.22. The number of benzene rings is 1. The van der Waals surface area contributed by atoms with Crippen LogP contribution in [0, 0.1) is 6.92 Å². The molecular formula is C13H20Cl2N2O. The van der Waals surface area contributed by atoms with Gasteiger partial charge in [0.15, 0.2) is 0 Å². The SMILES string of the molecule is CCN(CC)c1ccc(NC(=O)CCl)c(C)c1.Cl. The van der Waals surface area contributed by atoms with Gasteiger partial charge >= 0.3 is 0 Å². The number of nitrogens with zero attached hydrogens (tertiary/aromatic N) is 1. The van der Waals surface area contributed by atoms with Crippen molar-refractivity contribution in [3.63, 3.8) is 0 Å². The molecule has 1 aromatic carbocycles. The summed E-state index contributed by atoms with van der Waals surface area (Å²) in [5.41, 5.74) is 3.05. The molecule has 5 heteroatoms. The summed E-state index contributed by atoms with van der Waals surface area (Å²) in [5, 5.41) is 2.77.